The Balaban J connectivity index is 2.43. The summed E-state index contributed by atoms with van der Waals surface area (Å²) in [5, 5.41) is 12.5. The third-order valence-electron chi connectivity index (χ3n) is 3.43. The van der Waals surface area contributed by atoms with Gasteiger partial charge in [0.2, 0.25) is 0 Å². The Labute approximate surface area is 129 Å². The molecule has 0 N–H and O–H groups in total. The molecule has 0 bridgehead atoms. The van der Waals surface area contributed by atoms with Gasteiger partial charge in [-0.2, -0.15) is 0 Å². The highest BCUT2D eigenvalue weighted by Crippen LogP contribution is 2.32. The van der Waals surface area contributed by atoms with Crippen LogP contribution in [-0.4, -0.2) is 17.5 Å². The molecule has 0 saturated carbocycles. The number of nitrogens with zero attached hydrogens (tertiary/aromatic N) is 1. The zero-order valence-electron chi connectivity index (χ0n) is 12.1. The fraction of sp³-hybridized carbons (Fsp3) is 0.125. The van der Waals surface area contributed by atoms with E-state index in [2.05, 4.69) is 0 Å². The van der Waals surface area contributed by atoms with Crippen molar-refractivity contribution in [3.8, 4) is 0 Å². The molecule has 1 aromatic heterocycles. The van der Waals surface area contributed by atoms with E-state index in [0.717, 1.165) is 0 Å². The molecule has 0 saturated heterocycles. The lowest BCUT2D eigenvalue weighted by molar-refractivity contribution is -0.383. The number of nitro groups is 1. The first-order chi connectivity index (χ1) is 11.0. The minimum atomic E-state index is -0.839. The number of hydrogen-bond donors (Lipinski definition) is 0. The van der Waals surface area contributed by atoms with Crippen molar-refractivity contribution < 1.29 is 18.9 Å². The molecule has 0 spiro atoms. The first kappa shape index (κ1) is 14.7. The summed E-state index contributed by atoms with van der Waals surface area (Å²) in [5.41, 5.74) is -1.08. The van der Waals surface area contributed by atoms with Crippen LogP contribution in [0.15, 0.2) is 45.6 Å². The molecule has 0 aliphatic rings. The van der Waals surface area contributed by atoms with E-state index in [1.54, 1.807) is 25.1 Å². The number of fused-ring (bicyclic) bond motifs is 3. The van der Waals surface area contributed by atoms with Crippen molar-refractivity contribution >= 4 is 33.4 Å². The van der Waals surface area contributed by atoms with Gasteiger partial charge in [-0.25, -0.2) is 9.59 Å². The summed E-state index contributed by atoms with van der Waals surface area (Å²) < 4.78 is 9.94. The van der Waals surface area contributed by atoms with Crippen molar-refractivity contribution in [3.05, 3.63) is 62.5 Å². The molecule has 0 radical (unpaired) electrons. The molecule has 0 aliphatic heterocycles. The average Bonchev–Trinajstić information content (AvgIpc) is 2.53. The van der Waals surface area contributed by atoms with Crippen LogP contribution in [0.25, 0.3) is 21.7 Å². The van der Waals surface area contributed by atoms with E-state index in [1.807, 2.05) is 0 Å². The van der Waals surface area contributed by atoms with Gasteiger partial charge in [0, 0.05) is 11.5 Å². The van der Waals surface area contributed by atoms with Gasteiger partial charge in [0.15, 0.2) is 0 Å². The summed E-state index contributed by atoms with van der Waals surface area (Å²) >= 11 is 0. The number of carbonyl (C=O) groups is 1. The van der Waals surface area contributed by atoms with Gasteiger partial charge >= 0.3 is 11.6 Å². The van der Waals surface area contributed by atoms with Crippen LogP contribution in [0.4, 0.5) is 5.69 Å². The molecule has 0 amide bonds. The molecule has 3 rings (SSSR count). The first-order valence-corrected chi connectivity index (χ1v) is 6.84. The lowest BCUT2D eigenvalue weighted by Gasteiger charge is -2.06. The van der Waals surface area contributed by atoms with Crippen LogP contribution in [0, 0.1) is 10.1 Å². The Hall–Kier alpha value is -3.22. The summed E-state index contributed by atoms with van der Waals surface area (Å²) in [7, 11) is 0. The fourth-order valence-electron chi connectivity index (χ4n) is 2.46. The zero-order valence-corrected chi connectivity index (χ0v) is 12.1. The molecule has 7 nitrogen and oxygen atoms in total. The largest absolute Gasteiger partial charge is 0.462 e. The van der Waals surface area contributed by atoms with E-state index >= 15 is 0 Å². The van der Waals surface area contributed by atoms with Crippen molar-refractivity contribution in [2.45, 2.75) is 6.92 Å². The Morgan fingerprint density at radius 3 is 2.78 bits per heavy atom. The average molecular weight is 313 g/mol. The maximum atomic E-state index is 11.9. The molecule has 0 atom stereocenters. The van der Waals surface area contributed by atoms with Crippen molar-refractivity contribution in [2.75, 3.05) is 6.61 Å². The van der Waals surface area contributed by atoms with Crippen LogP contribution in [-0.2, 0) is 4.74 Å². The molecular weight excluding hydrogens is 302 g/mol. The monoisotopic (exact) mass is 313 g/mol. The smallest absolute Gasteiger partial charge is 0.351 e. The van der Waals surface area contributed by atoms with Gasteiger partial charge in [-0.15, -0.1) is 0 Å². The van der Waals surface area contributed by atoms with Crippen LogP contribution in [0.1, 0.15) is 17.3 Å². The standard InChI is InChI=1S/C16H11NO6/c1-2-22-15(18)11-8-10-13(23-16(11)19)7-6-9-4-3-5-12(14(9)10)17(20)21/h3-8H,2H2,1H3. The van der Waals surface area contributed by atoms with Gasteiger partial charge in [-0.05, 0) is 24.4 Å². The number of ether oxygens (including phenoxy) is 1. The lowest BCUT2D eigenvalue weighted by Crippen LogP contribution is -2.16. The quantitative estimate of drug-likeness (QED) is 0.242. The predicted octanol–water partition coefficient (Wildman–Crippen LogP) is 3.03. The van der Waals surface area contributed by atoms with Crippen molar-refractivity contribution in [1.82, 2.24) is 0 Å². The van der Waals surface area contributed by atoms with Crippen LogP contribution in [0.5, 0.6) is 0 Å². The number of non-ortho nitro benzene ring substituents is 1. The number of hydrogen-bond acceptors (Lipinski definition) is 6. The summed E-state index contributed by atoms with van der Waals surface area (Å²) in [6.45, 7) is 1.72. The Morgan fingerprint density at radius 1 is 1.30 bits per heavy atom. The molecule has 3 aromatic rings. The Morgan fingerprint density at radius 2 is 2.09 bits per heavy atom. The highest BCUT2D eigenvalue weighted by atomic mass is 16.6. The first-order valence-electron chi connectivity index (χ1n) is 6.84. The van der Waals surface area contributed by atoms with E-state index in [9.17, 15) is 19.7 Å². The minimum absolute atomic E-state index is 0.103. The minimum Gasteiger partial charge on any atom is -0.462 e. The van der Waals surface area contributed by atoms with Crippen LogP contribution in [0.3, 0.4) is 0 Å². The summed E-state index contributed by atoms with van der Waals surface area (Å²) in [6, 6.07) is 9.08. The molecule has 23 heavy (non-hydrogen) atoms. The number of carbonyl (C=O) groups excluding carboxylic acids is 1. The molecular formula is C16H11NO6. The molecule has 0 fully saturated rings. The molecule has 116 valence electrons. The third kappa shape index (κ3) is 2.42. The molecule has 1 heterocycles. The van der Waals surface area contributed by atoms with Gasteiger partial charge in [-0.1, -0.05) is 18.2 Å². The van der Waals surface area contributed by atoms with E-state index in [4.69, 9.17) is 9.15 Å². The van der Waals surface area contributed by atoms with Gasteiger partial charge in [0.05, 0.1) is 16.9 Å². The Kier molecular flexibility index (Phi) is 3.53. The molecule has 2 aromatic carbocycles. The van der Waals surface area contributed by atoms with E-state index in [-0.39, 0.29) is 23.4 Å². The number of benzene rings is 2. The van der Waals surface area contributed by atoms with E-state index < -0.39 is 16.5 Å². The highest BCUT2D eigenvalue weighted by molar-refractivity contribution is 6.11. The van der Waals surface area contributed by atoms with Gasteiger partial charge in [-0.3, -0.25) is 10.1 Å². The van der Waals surface area contributed by atoms with Crippen molar-refractivity contribution in [3.63, 3.8) is 0 Å². The number of nitro benzene ring substituents is 1. The zero-order chi connectivity index (χ0) is 16.6. The summed E-state index contributed by atoms with van der Waals surface area (Å²) in [5.74, 6) is -0.821. The van der Waals surface area contributed by atoms with Crippen molar-refractivity contribution in [2.24, 2.45) is 0 Å². The maximum Gasteiger partial charge on any atom is 0.351 e. The van der Waals surface area contributed by atoms with Gasteiger partial charge in [0.1, 0.15) is 11.1 Å². The van der Waals surface area contributed by atoms with Crippen LogP contribution >= 0.6 is 0 Å². The van der Waals surface area contributed by atoms with E-state index in [1.165, 1.54) is 18.2 Å². The summed E-state index contributed by atoms with van der Waals surface area (Å²) in [6.07, 6.45) is 0. The second-order valence-corrected chi connectivity index (χ2v) is 4.78. The second kappa shape index (κ2) is 5.53. The SMILES string of the molecule is CCOC(=O)c1cc2c(ccc3cccc([N+](=O)[O-])c32)oc1=O. The van der Waals surface area contributed by atoms with Gasteiger partial charge in [0.25, 0.3) is 5.69 Å². The maximum absolute atomic E-state index is 11.9. The molecule has 0 aliphatic carbocycles. The topological polar surface area (TPSA) is 99.7 Å². The predicted molar refractivity (Wildman–Crippen MR) is 82.6 cm³/mol. The lowest BCUT2D eigenvalue weighted by atomic mass is 10.0. The Bertz CT molecular complexity index is 1000. The van der Waals surface area contributed by atoms with Crippen molar-refractivity contribution in [1.29, 1.82) is 0 Å². The number of rotatable bonds is 3. The highest BCUT2D eigenvalue weighted by Gasteiger charge is 2.19. The summed E-state index contributed by atoms with van der Waals surface area (Å²) in [4.78, 5) is 34.5. The van der Waals surface area contributed by atoms with E-state index in [0.29, 0.717) is 16.2 Å². The second-order valence-electron chi connectivity index (χ2n) is 4.78. The van der Waals surface area contributed by atoms with Crippen LogP contribution < -0.4 is 5.63 Å². The molecule has 7 heteroatoms. The number of esters is 1. The third-order valence-corrected chi connectivity index (χ3v) is 3.43. The fourth-order valence-corrected chi connectivity index (χ4v) is 2.46. The molecule has 0 unspecified atom stereocenters. The van der Waals surface area contributed by atoms with Gasteiger partial charge < -0.3 is 9.15 Å². The normalized spacial score (nSPS) is 10.8. The van der Waals surface area contributed by atoms with Crippen LogP contribution in [0.2, 0.25) is 0 Å².